The van der Waals surface area contributed by atoms with Gasteiger partial charge in [0, 0.05) is 104 Å². The molecule has 0 radical (unpaired) electrons. The van der Waals surface area contributed by atoms with Gasteiger partial charge in [-0.25, -0.2) is 0 Å². The number of amides is 6. The number of carbonyl (C=O) groups excluding carboxylic acids is 6. The van der Waals surface area contributed by atoms with E-state index in [1.807, 2.05) is 36.6 Å². The van der Waals surface area contributed by atoms with Crippen LogP contribution in [0.1, 0.15) is 91.3 Å². The fourth-order valence-electron chi connectivity index (χ4n) is 9.16. The molecule has 4 aliphatic rings. The number of thiophene rings is 1. The molecule has 3 aromatic carbocycles. The minimum atomic E-state index is -1.36. The van der Waals surface area contributed by atoms with Crippen molar-refractivity contribution in [3.8, 4) is 17.2 Å². The zero-order chi connectivity index (χ0) is 47.9. The van der Waals surface area contributed by atoms with Gasteiger partial charge in [-0.05, 0) is 73.8 Å². The van der Waals surface area contributed by atoms with E-state index in [1.54, 1.807) is 41.3 Å². The number of nitrogens with zero attached hydrogens (tertiary/aromatic N) is 4. The molecule has 0 spiro atoms. The van der Waals surface area contributed by atoms with Crippen LogP contribution < -0.4 is 30.2 Å². The van der Waals surface area contributed by atoms with E-state index < -0.39 is 40.6 Å². The smallest absolute Gasteiger partial charge is 0.264 e. The van der Waals surface area contributed by atoms with Crippen molar-refractivity contribution < 1.29 is 47.2 Å². The molecule has 5 heterocycles. The minimum absolute atomic E-state index is 0.0233. The van der Waals surface area contributed by atoms with Gasteiger partial charge in [-0.2, -0.15) is 0 Å². The maximum absolute atomic E-state index is 14.0. The van der Waals surface area contributed by atoms with E-state index in [9.17, 15) is 33.0 Å². The molecule has 17 nitrogen and oxygen atoms in total. The van der Waals surface area contributed by atoms with E-state index in [0.717, 1.165) is 72.5 Å². The molecule has 3 atom stereocenters. The first-order valence-corrected chi connectivity index (χ1v) is 25.6. The van der Waals surface area contributed by atoms with E-state index in [1.165, 1.54) is 24.7 Å². The maximum atomic E-state index is 14.0. The van der Waals surface area contributed by atoms with Crippen molar-refractivity contribution in [3.05, 3.63) is 104 Å². The Balaban J connectivity index is 0.731. The third-order valence-corrected chi connectivity index (χ3v) is 14.5. The van der Waals surface area contributed by atoms with E-state index in [-0.39, 0.29) is 53.1 Å². The summed E-state index contributed by atoms with van der Waals surface area (Å²) in [5.74, 6) is -0.529. The van der Waals surface area contributed by atoms with E-state index >= 15 is 0 Å². The second-order valence-corrected chi connectivity index (χ2v) is 19.6. The molecule has 0 bridgehead atoms. The number of benzene rings is 3. The predicted molar refractivity (Wildman–Crippen MR) is 256 cm³/mol. The molecule has 0 aliphatic carbocycles. The largest absolute Gasteiger partial charge is 0.493 e. The molecule has 1 aromatic heterocycles. The number of hydrogen-bond acceptors (Lipinski definition) is 14. The van der Waals surface area contributed by atoms with Crippen LogP contribution in [-0.2, 0) is 44.9 Å². The number of piperazine rings is 1. The van der Waals surface area contributed by atoms with Crippen LogP contribution in [0.2, 0.25) is 0 Å². The number of imide groups is 2. The van der Waals surface area contributed by atoms with Crippen LogP contribution in [0.3, 0.4) is 0 Å². The molecular formula is C49H57N7O10S2. The molecule has 19 heteroatoms. The van der Waals surface area contributed by atoms with Crippen molar-refractivity contribution in [2.24, 2.45) is 0 Å². The summed E-state index contributed by atoms with van der Waals surface area (Å²) in [5, 5.41) is 10.6. The molecule has 4 aliphatic heterocycles. The molecular weight excluding hydrogens is 911 g/mol. The Hall–Kier alpha value is -5.99. The quantitative estimate of drug-likeness (QED) is 0.0790. The third-order valence-electron chi connectivity index (χ3n) is 12.8. The molecule has 3 N–H and O–H groups in total. The summed E-state index contributed by atoms with van der Waals surface area (Å²) >= 11 is 1.48. The normalized spacial score (nSPS) is 18.3. The number of carbonyl (C=O) groups is 6. The van der Waals surface area contributed by atoms with Gasteiger partial charge in [0.05, 0.1) is 42.1 Å². The Kier molecular flexibility index (Phi) is 15.7. The SMILES string of the molecule is CCOc1cc(C(CS(C)=O)N2C(=O)c3cccc(NC(=O)CCCN4CCN(CCNCc5ccc(OCc6scc7c6CN(C6CCC(=O)NC6=O)C7=O)cc5)CC4)c3C2=O)ccc1OC. The van der Waals surface area contributed by atoms with E-state index in [4.69, 9.17) is 14.2 Å². The van der Waals surface area contributed by atoms with Crippen LogP contribution in [0.5, 0.6) is 17.2 Å². The summed E-state index contributed by atoms with van der Waals surface area (Å²) in [4.78, 5) is 86.6. The second kappa shape index (κ2) is 22.0. The van der Waals surface area contributed by atoms with Gasteiger partial charge in [-0.1, -0.05) is 24.3 Å². The van der Waals surface area contributed by atoms with E-state index in [2.05, 4.69) is 25.8 Å². The van der Waals surface area contributed by atoms with Gasteiger partial charge in [0.25, 0.3) is 17.7 Å². The Morgan fingerprint density at radius 3 is 2.40 bits per heavy atom. The zero-order valence-corrected chi connectivity index (χ0v) is 40.1. The Morgan fingerprint density at radius 2 is 1.68 bits per heavy atom. The van der Waals surface area contributed by atoms with Crippen molar-refractivity contribution >= 4 is 63.3 Å². The number of fused-ring (bicyclic) bond motifs is 2. The standard InChI is InChI=1S/C49H57N7O10S2/c1-4-65-41-25-32(12-16-40(41)64-2)39(30-68(3)63)56-48(61)34-7-5-8-37(45(34)49(56)62)51-43(57)9-6-19-53-21-23-54(24-22-53)20-18-50-26-31-10-13-33(14-11-31)66-28-42-35-27-55(47(60)36(35)29-67-42)38-15-17-44(58)52-46(38)59/h5,7-8,10-14,16,25,29,38-39,50H,4,6,9,15,17-24,26-28,30H2,1-3H3,(H,51,57)(H,52,58,59). The molecule has 6 amide bonds. The number of anilines is 1. The fourth-order valence-corrected chi connectivity index (χ4v) is 10.9. The van der Waals surface area contributed by atoms with Crippen molar-refractivity contribution in [2.45, 2.75) is 64.4 Å². The Bertz CT molecular complexity index is 2580. The summed E-state index contributed by atoms with van der Waals surface area (Å²) in [6, 6.07) is 16.5. The molecule has 2 saturated heterocycles. The van der Waals surface area contributed by atoms with Gasteiger partial charge in [-0.3, -0.25) is 48.1 Å². The Labute approximate surface area is 401 Å². The zero-order valence-electron chi connectivity index (χ0n) is 38.5. The van der Waals surface area contributed by atoms with Crippen molar-refractivity contribution in [2.75, 3.05) is 76.9 Å². The molecule has 0 saturated carbocycles. The molecule has 68 heavy (non-hydrogen) atoms. The van der Waals surface area contributed by atoms with Gasteiger partial charge in [0.15, 0.2) is 11.5 Å². The van der Waals surface area contributed by atoms with Crippen LogP contribution in [0.25, 0.3) is 0 Å². The fraction of sp³-hybridized carbons (Fsp3) is 0.429. The highest BCUT2D eigenvalue weighted by molar-refractivity contribution is 7.84. The predicted octanol–water partition coefficient (Wildman–Crippen LogP) is 4.34. The van der Waals surface area contributed by atoms with Gasteiger partial charge in [-0.15, -0.1) is 11.3 Å². The van der Waals surface area contributed by atoms with Gasteiger partial charge >= 0.3 is 0 Å². The van der Waals surface area contributed by atoms with Crippen molar-refractivity contribution in [1.29, 1.82) is 0 Å². The summed E-state index contributed by atoms with van der Waals surface area (Å²) in [5.41, 5.74) is 3.79. The lowest BCUT2D eigenvalue weighted by atomic mass is 10.0. The number of nitrogens with one attached hydrogen (secondary N) is 3. The van der Waals surface area contributed by atoms with Crippen molar-refractivity contribution in [3.63, 3.8) is 0 Å². The lowest BCUT2D eigenvalue weighted by Crippen LogP contribution is -2.52. The summed E-state index contributed by atoms with van der Waals surface area (Å²) in [6.45, 7) is 9.73. The van der Waals surface area contributed by atoms with Gasteiger partial charge < -0.3 is 34.6 Å². The summed E-state index contributed by atoms with van der Waals surface area (Å²) in [7, 11) is 0.163. The van der Waals surface area contributed by atoms with Crippen LogP contribution in [-0.4, -0.2) is 137 Å². The Morgan fingerprint density at radius 1 is 0.912 bits per heavy atom. The molecule has 360 valence electrons. The monoisotopic (exact) mass is 967 g/mol. The summed E-state index contributed by atoms with van der Waals surface area (Å²) < 4.78 is 29.8. The lowest BCUT2D eigenvalue weighted by Gasteiger charge is -2.34. The number of rotatable bonds is 21. The van der Waals surface area contributed by atoms with Crippen LogP contribution in [0.4, 0.5) is 5.69 Å². The number of piperidine rings is 1. The van der Waals surface area contributed by atoms with Crippen LogP contribution in [0.15, 0.2) is 66.0 Å². The first kappa shape index (κ1) is 48.5. The maximum Gasteiger partial charge on any atom is 0.264 e. The highest BCUT2D eigenvalue weighted by Crippen LogP contribution is 2.39. The second-order valence-electron chi connectivity index (χ2n) is 17.2. The average molecular weight is 968 g/mol. The number of methoxy groups -OCH3 is 1. The van der Waals surface area contributed by atoms with Crippen molar-refractivity contribution in [1.82, 2.24) is 30.2 Å². The topological polar surface area (TPSA) is 196 Å². The van der Waals surface area contributed by atoms with Gasteiger partial charge in [0.2, 0.25) is 17.7 Å². The number of ether oxygens (including phenoxy) is 3. The first-order valence-electron chi connectivity index (χ1n) is 22.9. The molecule has 8 rings (SSSR count). The lowest BCUT2D eigenvalue weighted by molar-refractivity contribution is -0.137. The highest BCUT2D eigenvalue weighted by Gasteiger charge is 2.43. The van der Waals surface area contributed by atoms with E-state index in [0.29, 0.717) is 61.8 Å². The average Bonchev–Trinajstić information content (AvgIpc) is 3.96. The minimum Gasteiger partial charge on any atom is -0.493 e. The van der Waals surface area contributed by atoms with Crippen LogP contribution >= 0.6 is 11.3 Å². The van der Waals surface area contributed by atoms with Gasteiger partial charge in [0.1, 0.15) is 18.4 Å². The summed E-state index contributed by atoms with van der Waals surface area (Å²) in [6.07, 6.45) is 2.97. The third kappa shape index (κ3) is 11.0. The van der Waals surface area contributed by atoms with Crippen LogP contribution in [0, 0.1) is 0 Å². The first-order chi connectivity index (χ1) is 32.9. The molecule has 3 unspecified atom stereocenters. The number of hydrogen-bond donors (Lipinski definition) is 3. The molecule has 4 aromatic rings. The molecule has 2 fully saturated rings. The highest BCUT2D eigenvalue weighted by atomic mass is 32.2.